The normalized spacial score (nSPS) is 17.1. The van der Waals surface area contributed by atoms with Crippen LogP contribution in [0.15, 0.2) is 18.2 Å². The molecular formula is C20H28N2O5. The Bertz CT molecular complexity index is 704. The third-order valence-corrected chi connectivity index (χ3v) is 4.98. The number of nitrogens with zero attached hydrogens (tertiary/aromatic N) is 2. The van der Waals surface area contributed by atoms with Gasteiger partial charge in [0.05, 0.1) is 13.5 Å². The molecule has 7 nitrogen and oxygen atoms in total. The smallest absolute Gasteiger partial charge is 0.323 e. The Kier molecular flexibility index (Phi) is 7.21. The van der Waals surface area contributed by atoms with Crippen LogP contribution in [0, 0.1) is 6.92 Å². The van der Waals surface area contributed by atoms with Crippen LogP contribution < -0.4 is 4.74 Å². The maximum absolute atomic E-state index is 12.8. The molecular weight excluding hydrogens is 348 g/mol. The van der Waals surface area contributed by atoms with Gasteiger partial charge in [-0.2, -0.15) is 0 Å². The summed E-state index contributed by atoms with van der Waals surface area (Å²) in [5.41, 5.74) is 1.93. The molecule has 0 saturated carbocycles. The van der Waals surface area contributed by atoms with Crippen molar-refractivity contribution in [3.8, 4) is 5.75 Å². The minimum absolute atomic E-state index is 0.0205. The van der Waals surface area contributed by atoms with E-state index in [0.717, 1.165) is 17.5 Å². The van der Waals surface area contributed by atoms with E-state index in [1.165, 1.54) is 11.8 Å². The summed E-state index contributed by atoms with van der Waals surface area (Å²) in [6.45, 7) is 4.20. The fraction of sp³-hybridized carbons (Fsp3) is 0.550. The van der Waals surface area contributed by atoms with E-state index in [1.807, 2.05) is 25.1 Å². The highest BCUT2D eigenvalue weighted by Crippen LogP contribution is 2.22. The number of ether oxygens (including phenoxy) is 1. The molecule has 1 aliphatic rings. The van der Waals surface area contributed by atoms with Crippen molar-refractivity contribution in [2.45, 2.75) is 45.6 Å². The maximum atomic E-state index is 12.8. The lowest BCUT2D eigenvalue weighted by atomic mass is 10.1. The van der Waals surface area contributed by atoms with Crippen molar-refractivity contribution in [3.63, 3.8) is 0 Å². The average molecular weight is 376 g/mol. The number of hydrogen-bond acceptors (Lipinski definition) is 4. The van der Waals surface area contributed by atoms with E-state index >= 15 is 0 Å². The number of likely N-dealkylation sites (tertiary alicyclic amines) is 1. The van der Waals surface area contributed by atoms with Crippen molar-refractivity contribution >= 4 is 17.8 Å². The summed E-state index contributed by atoms with van der Waals surface area (Å²) < 4.78 is 5.35. The lowest BCUT2D eigenvalue weighted by Gasteiger charge is -2.29. The van der Waals surface area contributed by atoms with Crippen molar-refractivity contribution in [2.24, 2.45) is 0 Å². The first-order chi connectivity index (χ1) is 12.8. The number of carboxylic acid groups (broad SMARTS) is 1. The zero-order valence-electron chi connectivity index (χ0n) is 16.2. The average Bonchev–Trinajstić information content (AvgIpc) is 2.85. The molecule has 1 heterocycles. The van der Waals surface area contributed by atoms with Crippen LogP contribution in [0.25, 0.3) is 0 Å². The number of benzene rings is 1. The molecule has 2 rings (SSSR count). The zero-order valence-corrected chi connectivity index (χ0v) is 16.2. The van der Waals surface area contributed by atoms with Crippen LogP contribution in [0.4, 0.5) is 0 Å². The minimum Gasteiger partial charge on any atom is -0.496 e. The maximum Gasteiger partial charge on any atom is 0.323 e. The number of carbonyl (C=O) groups excluding carboxylic acids is 2. The van der Waals surface area contributed by atoms with Gasteiger partial charge in [-0.25, -0.2) is 0 Å². The van der Waals surface area contributed by atoms with Crippen LogP contribution in [0.2, 0.25) is 0 Å². The number of aryl methyl sites for hydroxylation is 1. The van der Waals surface area contributed by atoms with Crippen molar-refractivity contribution in [2.75, 3.05) is 26.7 Å². The molecule has 1 N–H and O–H groups in total. The SMILES string of the molecule is COc1ccc(C)cc1CC(=O)N1CCCC(N(CC(=O)O)C(C)=O)CC1. The molecule has 148 valence electrons. The second-order valence-corrected chi connectivity index (χ2v) is 7.00. The summed E-state index contributed by atoms with van der Waals surface area (Å²) in [6, 6.07) is 5.63. The van der Waals surface area contributed by atoms with Crippen LogP contribution in [0.5, 0.6) is 5.75 Å². The molecule has 1 aromatic rings. The molecule has 1 saturated heterocycles. The Morgan fingerprint density at radius 1 is 1.26 bits per heavy atom. The molecule has 1 atom stereocenters. The lowest BCUT2D eigenvalue weighted by molar-refractivity contribution is -0.145. The number of amides is 2. The molecule has 1 aliphatic heterocycles. The van der Waals surface area contributed by atoms with E-state index in [4.69, 9.17) is 9.84 Å². The molecule has 0 bridgehead atoms. The van der Waals surface area contributed by atoms with E-state index in [0.29, 0.717) is 31.7 Å². The van der Waals surface area contributed by atoms with Gasteiger partial charge < -0.3 is 19.6 Å². The van der Waals surface area contributed by atoms with E-state index in [9.17, 15) is 14.4 Å². The first-order valence-corrected chi connectivity index (χ1v) is 9.22. The van der Waals surface area contributed by atoms with Gasteiger partial charge in [-0.15, -0.1) is 0 Å². The van der Waals surface area contributed by atoms with Gasteiger partial charge in [-0.1, -0.05) is 17.7 Å². The molecule has 0 spiro atoms. The number of carbonyl (C=O) groups is 3. The largest absolute Gasteiger partial charge is 0.496 e. The van der Waals surface area contributed by atoms with Crippen LogP contribution in [-0.4, -0.2) is 65.5 Å². The van der Waals surface area contributed by atoms with Crippen LogP contribution in [-0.2, 0) is 20.8 Å². The predicted molar refractivity (Wildman–Crippen MR) is 101 cm³/mol. The molecule has 1 unspecified atom stereocenters. The monoisotopic (exact) mass is 376 g/mol. The number of hydrogen-bond donors (Lipinski definition) is 1. The molecule has 1 aromatic carbocycles. The number of carboxylic acids is 1. The Morgan fingerprint density at radius 3 is 2.63 bits per heavy atom. The van der Waals surface area contributed by atoms with Crippen LogP contribution >= 0.6 is 0 Å². The molecule has 1 fully saturated rings. The fourth-order valence-corrected chi connectivity index (χ4v) is 3.60. The topological polar surface area (TPSA) is 87.2 Å². The third kappa shape index (κ3) is 5.70. The van der Waals surface area contributed by atoms with E-state index in [1.54, 1.807) is 12.0 Å². The molecule has 0 aromatic heterocycles. The summed E-state index contributed by atoms with van der Waals surface area (Å²) in [5, 5.41) is 9.04. The summed E-state index contributed by atoms with van der Waals surface area (Å²) in [4.78, 5) is 38.8. The van der Waals surface area contributed by atoms with Gasteiger partial charge in [0.15, 0.2) is 0 Å². The second kappa shape index (κ2) is 9.39. The molecule has 27 heavy (non-hydrogen) atoms. The van der Waals surface area contributed by atoms with E-state index in [2.05, 4.69) is 0 Å². The Labute approximate surface area is 159 Å². The van der Waals surface area contributed by atoms with Gasteiger partial charge in [0.1, 0.15) is 12.3 Å². The number of methoxy groups -OCH3 is 1. The second-order valence-electron chi connectivity index (χ2n) is 7.00. The Hall–Kier alpha value is -2.57. The van der Waals surface area contributed by atoms with Crippen LogP contribution in [0.3, 0.4) is 0 Å². The lowest BCUT2D eigenvalue weighted by Crippen LogP contribution is -2.43. The summed E-state index contributed by atoms with van der Waals surface area (Å²) in [6.07, 6.45) is 2.29. The first-order valence-electron chi connectivity index (χ1n) is 9.22. The molecule has 0 radical (unpaired) electrons. The van der Waals surface area contributed by atoms with Gasteiger partial charge in [-0.3, -0.25) is 14.4 Å². The number of rotatable bonds is 6. The quantitative estimate of drug-likeness (QED) is 0.819. The summed E-state index contributed by atoms with van der Waals surface area (Å²) in [7, 11) is 1.59. The van der Waals surface area contributed by atoms with Crippen LogP contribution in [0.1, 0.15) is 37.3 Å². The Balaban J connectivity index is 2.03. The molecule has 2 amide bonds. The summed E-state index contributed by atoms with van der Waals surface area (Å²) >= 11 is 0. The van der Waals surface area contributed by atoms with Crippen molar-refractivity contribution in [3.05, 3.63) is 29.3 Å². The fourth-order valence-electron chi connectivity index (χ4n) is 3.60. The van der Waals surface area contributed by atoms with Crippen molar-refractivity contribution in [1.29, 1.82) is 0 Å². The van der Waals surface area contributed by atoms with E-state index in [-0.39, 0.29) is 30.8 Å². The molecule has 7 heteroatoms. The first kappa shape index (κ1) is 20.7. The van der Waals surface area contributed by atoms with Gasteiger partial charge in [0.25, 0.3) is 0 Å². The van der Waals surface area contributed by atoms with Gasteiger partial charge in [-0.05, 0) is 32.3 Å². The zero-order chi connectivity index (χ0) is 20.0. The number of aliphatic carboxylic acids is 1. The van der Waals surface area contributed by atoms with E-state index < -0.39 is 5.97 Å². The van der Waals surface area contributed by atoms with Gasteiger partial charge in [0.2, 0.25) is 11.8 Å². The predicted octanol–water partition coefficient (Wildman–Crippen LogP) is 1.86. The minimum atomic E-state index is -1.02. The third-order valence-electron chi connectivity index (χ3n) is 4.98. The summed E-state index contributed by atoms with van der Waals surface area (Å²) in [5.74, 6) is -0.543. The van der Waals surface area contributed by atoms with Crippen molar-refractivity contribution < 1.29 is 24.2 Å². The highest BCUT2D eigenvalue weighted by Gasteiger charge is 2.27. The highest BCUT2D eigenvalue weighted by atomic mass is 16.5. The highest BCUT2D eigenvalue weighted by molar-refractivity contribution is 5.80. The standard InChI is InChI=1S/C20H28N2O5/c1-14-6-7-18(27-3)16(11-14)12-19(24)21-9-4-5-17(8-10-21)22(15(2)23)13-20(25)26/h6-7,11,17H,4-5,8-10,12-13H2,1-3H3,(H,25,26). The van der Waals surface area contributed by atoms with Gasteiger partial charge >= 0.3 is 5.97 Å². The van der Waals surface area contributed by atoms with Gasteiger partial charge in [0, 0.05) is 31.6 Å². The Morgan fingerprint density at radius 2 is 2.00 bits per heavy atom. The molecule has 0 aliphatic carbocycles. The van der Waals surface area contributed by atoms with Crippen molar-refractivity contribution in [1.82, 2.24) is 9.80 Å².